The number of hydrogen-bond donors (Lipinski definition) is 0. The van der Waals surface area contributed by atoms with E-state index in [-0.39, 0.29) is 0 Å². The molecule has 0 aliphatic carbocycles. The third-order valence-electron chi connectivity index (χ3n) is 3.06. The van der Waals surface area contributed by atoms with Crippen molar-refractivity contribution in [3.8, 4) is 5.75 Å². The summed E-state index contributed by atoms with van der Waals surface area (Å²) in [4.78, 5) is 0. The third-order valence-corrected chi connectivity index (χ3v) is 4.55. The van der Waals surface area contributed by atoms with E-state index in [1.54, 1.807) is 0 Å². The van der Waals surface area contributed by atoms with Crippen molar-refractivity contribution in [2.45, 2.75) is 25.8 Å². The summed E-state index contributed by atoms with van der Waals surface area (Å²) in [5.74, 6) is 0.939. The van der Waals surface area contributed by atoms with Crippen molar-refractivity contribution in [2.75, 3.05) is 0 Å². The summed E-state index contributed by atoms with van der Waals surface area (Å²) in [5, 5.41) is 1.57. The highest BCUT2D eigenvalue weighted by molar-refractivity contribution is 9.10. The number of rotatable bonds is 4. The second kappa shape index (κ2) is 6.97. The largest absolute Gasteiger partial charge is 0.488 e. The van der Waals surface area contributed by atoms with Gasteiger partial charge in [0.05, 0.1) is 0 Å². The van der Waals surface area contributed by atoms with Gasteiger partial charge in [-0.2, -0.15) is 0 Å². The zero-order valence-electron chi connectivity index (χ0n) is 11.3. The van der Waals surface area contributed by atoms with E-state index in [2.05, 4.69) is 57.8 Å². The first kappa shape index (κ1) is 15.9. The standard InChI is InChI=1S/C16H15Br2ClO/c1-10-5-12(8-17)6-11(2)16(10)20-9-13-3-4-14(18)7-15(13)19/h3-7H,8-9H2,1-2H3. The number of aryl methyl sites for hydroxylation is 2. The van der Waals surface area contributed by atoms with E-state index >= 15 is 0 Å². The molecule has 0 bridgehead atoms. The van der Waals surface area contributed by atoms with Gasteiger partial charge in [0.15, 0.2) is 0 Å². The van der Waals surface area contributed by atoms with Crippen molar-refractivity contribution in [1.29, 1.82) is 0 Å². The van der Waals surface area contributed by atoms with Crippen molar-refractivity contribution in [3.05, 3.63) is 62.1 Å². The first-order chi connectivity index (χ1) is 9.51. The van der Waals surface area contributed by atoms with Gasteiger partial charge in [0.25, 0.3) is 0 Å². The Morgan fingerprint density at radius 2 is 1.75 bits per heavy atom. The normalized spacial score (nSPS) is 10.7. The summed E-state index contributed by atoms with van der Waals surface area (Å²) in [5.41, 5.74) is 4.53. The molecule has 0 radical (unpaired) electrons. The lowest BCUT2D eigenvalue weighted by Crippen LogP contribution is -2.00. The number of ether oxygens (including phenoxy) is 1. The SMILES string of the molecule is Cc1cc(CBr)cc(C)c1OCc1ccc(Br)cc1Cl. The van der Waals surface area contributed by atoms with Crippen LogP contribution in [-0.2, 0) is 11.9 Å². The molecule has 0 saturated heterocycles. The summed E-state index contributed by atoms with van der Waals surface area (Å²) >= 11 is 13.1. The average molecular weight is 419 g/mol. The molecule has 0 atom stereocenters. The molecule has 0 amide bonds. The van der Waals surface area contributed by atoms with Crippen molar-refractivity contribution in [1.82, 2.24) is 0 Å². The predicted octanol–water partition coefficient (Wildman–Crippen LogP) is 6.19. The highest BCUT2D eigenvalue weighted by Crippen LogP contribution is 2.28. The van der Waals surface area contributed by atoms with Gasteiger partial charge in [-0.05, 0) is 42.7 Å². The molecule has 0 unspecified atom stereocenters. The maximum absolute atomic E-state index is 6.21. The molecular weight excluding hydrogens is 403 g/mol. The van der Waals surface area contributed by atoms with Gasteiger partial charge in [-0.15, -0.1) is 0 Å². The molecule has 1 nitrogen and oxygen atoms in total. The fourth-order valence-corrected chi connectivity index (χ4v) is 3.19. The van der Waals surface area contributed by atoms with Crippen LogP contribution >= 0.6 is 43.5 Å². The molecule has 20 heavy (non-hydrogen) atoms. The Hall–Kier alpha value is -0.510. The van der Waals surface area contributed by atoms with Crippen LogP contribution in [0.2, 0.25) is 5.02 Å². The quantitative estimate of drug-likeness (QED) is 0.538. The van der Waals surface area contributed by atoms with Crippen LogP contribution < -0.4 is 4.74 Å². The number of hydrogen-bond acceptors (Lipinski definition) is 1. The molecule has 0 aliphatic heterocycles. The van der Waals surface area contributed by atoms with Crippen LogP contribution in [0.4, 0.5) is 0 Å². The van der Waals surface area contributed by atoms with Gasteiger partial charge in [-0.1, -0.05) is 61.7 Å². The number of alkyl halides is 1. The monoisotopic (exact) mass is 416 g/mol. The van der Waals surface area contributed by atoms with Gasteiger partial charge in [0.2, 0.25) is 0 Å². The molecule has 0 heterocycles. The van der Waals surface area contributed by atoms with Crippen LogP contribution in [0, 0.1) is 13.8 Å². The lowest BCUT2D eigenvalue weighted by molar-refractivity contribution is 0.302. The zero-order valence-corrected chi connectivity index (χ0v) is 15.3. The van der Waals surface area contributed by atoms with E-state index in [4.69, 9.17) is 16.3 Å². The van der Waals surface area contributed by atoms with Gasteiger partial charge in [0, 0.05) is 20.4 Å². The van der Waals surface area contributed by atoms with E-state index < -0.39 is 0 Å². The molecule has 0 N–H and O–H groups in total. The predicted molar refractivity (Wildman–Crippen MR) is 92.0 cm³/mol. The topological polar surface area (TPSA) is 9.23 Å². The van der Waals surface area contributed by atoms with E-state index in [9.17, 15) is 0 Å². The Morgan fingerprint density at radius 1 is 1.10 bits per heavy atom. The first-order valence-corrected chi connectivity index (χ1v) is 8.53. The van der Waals surface area contributed by atoms with Crippen LogP contribution in [0.1, 0.15) is 22.3 Å². The molecule has 2 aromatic carbocycles. The van der Waals surface area contributed by atoms with E-state index in [0.29, 0.717) is 11.6 Å². The van der Waals surface area contributed by atoms with Crippen LogP contribution in [0.5, 0.6) is 5.75 Å². The van der Waals surface area contributed by atoms with Gasteiger partial charge in [-0.25, -0.2) is 0 Å². The minimum absolute atomic E-state index is 0.474. The lowest BCUT2D eigenvalue weighted by atomic mass is 10.1. The third kappa shape index (κ3) is 3.78. The first-order valence-electron chi connectivity index (χ1n) is 6.24. The Morgan fingerprint density at radius 3 is 2.30 bits per heavy atom. The molecule has 2 aromatic rings. The fraction of sp³-hybridized carbons (Fsp3) is 0.250. The molecule has 4 heteroatoms. The Balaban J connectivity index is 2.19. The van der Waals surface area contributed by atoms with Crippen molar-refractivity contribution >= 4 is 43.5 Å². The molecular formula is C16H15Br2ClO. The van der Waals surface area contributed by atoms with E-state index in [1.165, 1.54) is 5.56 Å². The minimum Gasteiger partial charge on any atom is -0.488 e. The second-order valence-corrected chi connectivity index (χ2v) is 6.60. The maximum Gasteiger partial charge on any atom is 0.125 e. The average Bonchev–Trinajstić information content (AvgIpc) is 2.39. The Bertz CT molecular complexity index is 603. The van der Waals surface area contributed by atoms with E-state index in [1.807, 2.05) is 18.2 Å². The molecule has 0 aliphatic rings. The lowest BCUT2D eigenvalue weighted by Gasteiger charge is -2.14. The van der Waals surface area contributed by atoms with E-state index in [0.717, 1.165) is 32.2 Å². The molecule has 0 fully saturated rings. The maximum atomic E-state index is 6.21. The molecule has 0 spiro atoms. The number of benzene rings is 2. The molecule has 106 valence electrons. The molecule has 0 aromatic heterocycles. The summed E-state index contributed by atoms with van der Waals surface area (Å²) < 4.78 is 6.93. The molecule has 2 rings (SSSR count). The van der Waals surface area contributed by atoms with Crippen molar-refractivity contribution in [2.24, 2.45) is 0 Å². The number of halogens is 3. The van der Waals surface area contributed by atoms with Gasteiger partial charge >= 0.3 is 0 Å². The van der Waals surface area contributed by atoms with Gasteiger partial charge in [-0.3, -0.25) is 0 Å². The van der Waals surface area contributed by atoms with Crippen LogP contribution in [0.15, 0.2) is 34.8 Å². The van der Waals surface area contributed by atoms with Crippen molar-refractivity contribution in [3.63, 3.8) is 0 Å². The minimum atomic E-state index is 0.474. The fourth-order valence-electron chi connectivity index (χ4n) is 2.13. The van der Waals surface area contributed by atoms with Gasteiger partial charge in [0.1, 0.15) is 12.4 Å². The second-order valence-electron chi connectivity index (χ2n) is 4.72. The highest BCUT2D eigenvalue weighted by Gasteiger charge is 2.08. The zero-order chi connectivity index (χ0) is 14.7. The van der Waals surface area contributed by atoms with Crippen molar-refractivity contribution < 1.29 is 4.74 Å². The van der Waals surface area contributed by atoms with Crippen LogP contribution in [0.3, 0.4) is 0 Å². The molecule has 0 saturated carbocycles. The Labute approximate surface area is 141 Å². The summed E-state index contributed by atoms with van der Waals surface area (Å²) in [6.07, 6.45) is 0. The summed E-state index contributed by atoms with van der Waals surface area (Å²) in [6.45, 7) is 4.61. The smallest absolute Gasteiger partial charge is 0.125 e. The van der Waals surface area contributed by atoms with Gasteiger partial charge < -0.3 is 4.74 Å². The highest BCUT2D eigenvalue weighted by atomic mass is 79.9. The van der Waals surface area contributed by atoms with Crippen LogP contribution in [0.25, 0.3) is 0 Å². The summed E-state index contributed by atoms with van der Waals surface area (Å²) in [6, 6.07) is 10.1. The Kier molecular flexibility index (Phi) is 5.53. The summed E-state index contributed by atoms with van der Waals surface area (Å²) in [7, 11) is 0. The van der Waals surface area contributed by atoms with Crippen LogP contribution in [-0.4, -0.2) is 0 Å².